The van der Waals surface area contributed by atoms with Crippen LogP contribution in [0.1, 0.15) is 140 Å². The fourth-order valence-electron chi connectivity index (χ4n) is 6.37. The van der Waals surface area contributed by atoms with Crippen molar-refractivity contribution in [1.82, 2.24) is 0 Å². The Kier molecular flexibility index (Phi) is 13.3. The van der Waals surface area contributed by atoms with Gasteiger partial charge in [-0.1, -0.05) is 83.8 Å². The van der Waals surface area contributed by atoms with Crippen molar-refractivity contribution in [3.05, 3.63) is 53.6 Å². The summed E-state index contributed by atoms with van der Waals surface area (Å²) >= 11 is 1.97. The van der Waals surface area contributed by atoms with Crippen molar-refractivity contribution in [2.24, 2.45) is 4.99 Å². The molecular formula is C36H53NO2S. The highest BCUT2D eigenvalue weighted by atomic mass is 32.2. The topological polar surface area (TPSA) is 30.8 Å². The Bertz CT molecular complexity index is 1000. The van der Waals surface area contributed by atoms with Crippen LogP contribution in [0.3, 0.4) is 0 Å². The zero-order valence-electron chi connectivity index (χ0n) is 25.3. The van der Waals surface area contributed by atoms with E-state index < -0.39 is 0 Å². The van der Waals surface area contributed by atoms with Crippen LogP contribution >= 0.6 is 11.8 Å². The average molecular weight is 564 g/mol. The van der Waals surface area contributed by atoms with Gasteiger partial charge in [-0.25, -0.2) is 4.99 Å². The number of thioether (sulfide) groups is 1. The first-order chi connectivity index (χ1) is 19.7. The van der Waals surface area contributed by atoms with E-state index in [9.17, 15) is 0 Å². The summed E-state index contributed by atoms with van der Waals surface area (Å²) < 4.78 is 12.7. The zero-order chi connectivity index (χ0) is 27.9. The first-order valence-corrected chi connectivity index (χ1v) is 17.4. The highest BCUT2D eigenvalue weighted by Crippen LogP contribution is 2.45. The van der Waals surface area contributed by atoms with Crippen LogP contribution in [0.25, 0.3) is 0 Å². The molecule has 0 bridgehead atoms. The van der Waals surface area contributed by atoms with Gasteiger partial charge in [0.05, 0.1) is 12.3 Å². The smallest absolute Gasteiger partial charge is 0.175 e. The van der Waals surface area contributed by atoms with Crippen LogP contribution in [0.2, 0.25) is 0 Å². The van der Waals surface area contributed by atoms with Crippen LogP contribution in [0.4, 0.5) is 5.69 Å². The molecule has 0 N–H and O–H groups in total. The molecule has 0 amide bonds. The number of unbranched alkanes of at least 4 members (excludes halogenated alkanes) is 7. The number of hydrogen-bond donors (Lipinski definition) is 0. The van der Waals surface area contributed by atoms with Crippen molar-refractivity contribution < 1.29 is 9.47 Å². The summed E-state index contributed by atoms with van der Waals surface area (Å²) in [6, 6.07) is 15.9. The summed E-state index contributed by atoms with van der Waals surface area (Å²) in [7, 11) is 0. The normalized spacial score (nSPS) is 16.4. The van der Waals surface area contributed by atoms with Gasteiger partial charge in [-0.15, -0.1) is 11.8 Å². The van der Waals surface area contributed by atoms with E-state index in [1.807, 2.05) is 11.8 Å². The second-order valence-corrected chi connectivity index (χ2v) is 13.1. The molecule has 1 heterocycles. The van der Waals surface area contributed by atoms with Crippen molar-refractivity contribution in [1.29, 1.82) is 0 Å². The molecule has 4 heteroatoms. The predicted molar refractivity (Wildman–Crippen MR) is 173 cm³/mol. The van der Waals surface area contributed by atoms with Crippen LogP contribution < -0.4 is 4.74 Å². The van der Waals surface area contributed by atoms with Gasteiger partial charge >= 0.3 is 0 Å². The van der Waals surface area contributed by atoms with Crippen molar-refractivity contribution >= 4 is 23.8 Å². The maximum atomic E-state index is 6.40. The van der Waals surface area contributed by atoms with Crippen LogP contribution in [0.5, 0.6) is 5.75 Å². The van der Waals surface area contributed by atoms with Crippen LogP contribution in [0.15, 0.2) is 52.4 Å². The average Bonchev–Trinajstić information content (AvgIpc) is 3.00. The van der Waals surface area contributed by atoms with Gasteiger partial charge in [0.25, 0.3) is 0 Å². The number of nitrogens with zero attached hydrogens (tertiary/aromatic N) is 1. The molecule has 1 aliphatic heterocycles. The molecule has 1 saturated carbocycles. The van der Waals surface area contributed by atoms with Crippen LogP contribution in [-0.4, -0.2) is 18.8 Å². The van der Waals surface area contributed by atoms with E-state index in [-0.39, 0.29) is 5.60 Å². The van der Waals surface area contributed by atoms with E-state index in [1.54, 1.807) is 12.0 Å². The maximum Gasteiger partial charge on any atom is 0.175 e. The second kappa shape index (κ2) is 17.1. The Morgan fingerprint density at radius 1 is 0.825 bits per heavy atom. The van der Waals surface area contributed by atoms with E-state index in [0.29, 0.717) is 0 Å². The first kappa shape index (κ1) is 31.0. The third-order valence-electron chi connectivity index (χ3n) is 8.83. The number of fused-ring (bicyclic) bond motifs is 1. The summed E-state index contributed by atoms with van der Waals surface area (Å²) in [5.74, 6) is 2.88. The molecule has 0 atom stereocenters. The van der Waals surface area contributed by atoms with Crippen molar-refractivity contribution in [3.63, 3.8) is 0 Å². The Balaban J connectivity index is 1.25. The largest absolute Gasteiger partial charge is 0.494 e. The quantitative estimate of drug-likeness (QED) is 0.133. The van der Waals surface area contributed by atoms with E-state index in [0.717, 1.165) is 55.4 Å². The number of benzene rings is 2. The Morgan fingerprint density at radius 3 is 2.25 bits per heavy atom. The molecule has 3 nitrogen and oxygen atoms in total. The first-order valence-electron chi connectivity index (χ1n) is 16.4. The number of ether oxygens (including phenoxy) is 2. The fraction of sp³-hybridized carbons (Fsp3) is 0.639. The van der Waals surface area contributed by atoms with Gasteiger partial charge in [0.1, 0.15) is 11.4 Å². The molecule has 0 saturated heterocycles. The standard InChI is InChI=1S/C36H53NO2S/c1-3-5-7-12-24-36(25-13-8-6-4-2)34-28-32(20-23-35(34)37-29-39-36)38-26-14-15-27-40-33-21-18-31(19-22-33)30-16-10-9-11-17-30/h18-23,28-30H,3-17,24-27H2,1-2H3. The Labute approximate surface area is 248 Å². The van der Waals surface area contributed by atoms with E-state index >= 15 is 0 Å². The minimum Gasteiger partial charge on any atom is -0.494 e. The van der Waals surface area contributed by atoms with Gasteiger partial charge in [-0.2, -0.15) is 0 Å². The predicted octanol–water partition coefficient (Wildman–Crippen LogP) is 11.5. The molecule has 1 fully saturated rings. The monoisotopic (exact) mass is 563 g/mol. The lowest BCUT2D eigenvalue weighted by Crippen LogP contribution is -2.31. The van der Waals surface area contributed by atoms with Gasteiger partial charge in [0.2, 0.25) is 0 Å². The van der Waals surface area contributed by atoms with E-state index in [1.165, 1.54) is 93.9 Å². The summed E-state index contributed by atoms with van der Waals surface area (Å²) in [6.07, 6.45) is 23.0. The number of hydrogen-bond acceptors (Lipinski definition) is 4. The third kappa shape index (κ3) is 9.29. The lowest BCUT2D eigenvalue weighted by molar-refractivity contribution is 0.0326. The molecule has 0 aromatic heterocycles. The molecule has 2 aliphatic rings. The SMILES string of the molecule is CCCCCCC1(CCCCCC)OC=Nc2ccc(OCCCCSc3ccc(C4CCCCC4)cc3)cc21. The van der Waals surface area contributed by atoms with E-state index in [2.05, 4.69) is 61.3 Å². The van der Waals surface area contributed by atoms with Gasteiger partial charge in [0.15, 0.2) is 6.40 Å². The number of rotatable bonds is 18. The van der Waals surface area contributed by atoms with Crippen LogP contribution in [0, 0.1) is 0 Å². The van der Waals surface area contributed by atoms with E-state index in [4.69, 9.17) is 9.47 Å². The van der Waals surface area contributed by atoms with Crippen molar-refractivity contribution in [2.45, 2.75) is 139 Å². The van der Waals surface area contributed by atoms with Crippen LogP contribution in [-0.2, 0) is 10.3 Å². The molecule has 2 aromatic rings. The molecule has 40 heavy (non-hydrogen) atoms. The fourth-order valence-corrected chi connectivity index (χ4v) is 7.29. The van der Waals surface area contributed by atoms with Gasteiger partial charge < -0.3 is 9.47 Å². The third-order valence-corrected chi connectivity index (χ3v) is 9.93. The molecule has 0 radical (unpaired) electrons. The summed E-state index contributed by atoms with van der Waals surface area (Å²) in [6.45, 7) is 5.30. The maximum absolute atomic E-state index is 6.40. The molecule has 220 valence electrons. The Hall–Kier alpha value is -1.94. The summed E-state index contributed by atoms with van der Waals surface area (Å²) in [5, 5.41) is 0. The Morgan fingerprint density at radius 2 is 1.55 bits per heavy atom. The lowest BCUT2D eigenvalue weighted by Gasteiger charge is -2.37. The lowest BCUT2D eigenvalue weighted by atomic mass is 9.81. The van der Waals surface area contributed by atoms with Gasteiger partial charge in [0, 0.05) is 10.5 Å². The molecule has 2 aromatic carbocycles. The van der Waals surface area contributed by atoms with Crippen molar-refractivity contribution in [3.8, 4) is 5.75 Å². The molecule has 1 aliphatic carbocycles. The number of aliphatic imine (C=N–C) groups is 1. The zero-order valence-corrected chi connectivity index (χ0v) is 26.1. The minimum atomic E-state index is -0.263. The van der Waals surface area contributed by atoms with Gasteiger partial charge in [-0.3, -0.25) is 0 Å². The van der Waals surface area contributed by atoms with Crippen molar-refractivity contribution in [2.75, 3.05) is 12.4 Å². The molecule has 4 rings (SSSR count). The summed E-state index contributed by atoms with van der Waals surface area (Å²) in [5.41, 5.74) is 3.56. The molecule has 0 spiro atoms. The highest BCUT2D eigenvalue weighted by Gasteiger charge is 2.37. The second-order valence-electron chi connectivity index (χ2n) is 12.0. The minimum absolute atomic E-state index is 0.263. The molecular weight excluding hydrogens is 510 g/mol. The van der Waals surface area contributed by atoms with Gasteiger partial charge in [-0.05, 0) is 98.9 Å². The highest BCUT2D eigenvalue weighted by molar-refractivity contribution is 7.99. The molecule has 0 unspecified atom stereocenters. The summed E-state index contributed by atoms with van der Waals surface area (Å²) in [4.78, 5) is 5.99.